The third kappa shape index (κ3) is 3.19. The Morgan fingerprint density at radius 1 is 1.21 bits per heavy atom. The Bertz CT molecular complexity index is 1230. The van der Waals surface area contributed by atoms with Crippen LogP contribution >= 0.6 is 46.9 Å². The minimum atomic E-state index is -0.535. The maximum absolute atomic E-state index is 13.4. The van der Waals surface area contributed by atoms with Crippen LogP contribution in [0.1, 0.15) is 29.7 Å². The van der Waals surface area contributed by atoms with E-state index in [1.165, 1.54) is 4.88 Å². The number of ether oxygens (including phenoxy) is 1. The summed E-state index contributed by atoms with van der Waals surface area (Å²) in [4.78, 5) is 44.4. The van der Waals surface area contributed by atoms with Gasteiger partial charge in [-0.25, -0.2) is 0 Å². The largest absolute Gasteiger partial charge is 0.465 e. The van der Waals surface area contributed by atoms with Gasteiger partial charge in [-0.1, -0.05) is 23.7 Å². The van der Waals surface area contributed by atoms with Crippen LogP contribution in [0, 0.1) is 33.5 Å². The topological polar surface area (TPSA) is 79.5 Å². The highest BCUT2D eigenvalue weighted by atomic mass is 35.5. The standard InChI is InChI=1S/C23H21ClN2O4S3/c1-2-30-13(27)8-26-21(28)16-11-7-12(17(16)22(26)29)18-15(11)14(9-3-5-10(24)6-4-9)19-20(32-18)25-23(31)33-19/h3-6,11-12,14-18H,2,7-8H2,1H3,(H,25,31). The Balaban J connectivity index is 1.39. The second-order valence-corrected chi connectivity index (χ2v) is 12.4. The van der Waals surface area contributed by atoms with Crippen molar-refractivity contribution in [2.45, 2.75) is 29.5 Å². The third-order valence-electron chi connectivity index (χ3n) is 7.64. The van der Waals surface area contributed by atoms with Crippen LogP contribution in [0.5, 0.6) is 0 Å². The number of halogens is 1. The molecule has 2 aliphatic heterocycles. The van der Waals surface area contributed by atoms with E-state index in [4.69, 9.17) is 28.6 Å². The van der Waals surface area contributed by atoms with Crippen molar-refractivity contribution in [1.82, 2.24) is 9.88 Å². The van der Waals surface area contributed by atoms with Gasteiger partial charge < -0.3 is 9.72 Å². The predicted octanol–water partition coefficient (Wildman–Crippen LogP) is 4.50. The SMILES string of the molecule is CCOC(=O)CN1C(=O)C2C3CC(C2C1=O)C1C(c2ccc(Cl)cc2)c2sc(=S)[nH]c2SC31. The molecule has 1 saturated heterocycles. The number of aromatic nitrogens is 1. The van der Waals surface area contributed by atoms with E-state index in [9.17, 15) is 14.4 Å². The van der Waals surface area contributed by atoms with Gasteiger partial charge in [-0.15, -0.1) is 23.1 Å². The van der Waals surface area contributed by atoms with Gasteiger partial charge in [0.05, 0.1) is 23.5 Å². The summed E-state index contributed by atoms with van der Waals surface area (Å²) in [5.74, 6) is -1.16. The summed E-state index contributed by atoms with van der Waals surface area (Å²) >= 11 is 15.0. The van der Waals surface area contributed by atoms with Gasteiger partial charge in [0, 0.05) is 21.1 Å². The molecule has 33 heavy (non-hydrogen) atoms. The smallest absolute Gasteiger partial charge is 0.326 e. The van der Waals surface area contributed by atoms with Crippen molar-refractivity contribution in [3.8, 4) is 0 Å². The molecule has 10 heteroatoms. The number of carbonyl (C=O) groups excluding carboxylic acids is 3. The Kier molecular flexibility index (Phi) is 5.25. The van der Waals surface area contributed by atoms with E-state index in [2.05, 4.69) is 17.1 Å². The number of fused-ring (bicyclic) bond motifs is 9. The average molecular weight is 521 g/mol. The number of amides is 2. The Morgan fingerprint density at radius 3 is 2.61 bits per heavy atom. The molecule has 172 valence electrons. The summed E-state index contributed by atoms with van der Waals surface area (Å²) in [6, 6.07) is 7.93. The van der Waals surface area contributed by atoms with E-state index in [-0.39, 0.29) is 65.7 Å². The number of carbonyl (C=O) groups is 3. The first-order valence-electron chi connectivity index (χ1n) is 11.0. The molecule has 1 N–H and O–H groups in total. The zero-order chi connectivity index (χ0) is 23.0. The fourth-order valence-corrected chi connectivity index (χ4v) is 10.1. The number of benzene rings is 1. The summed E-state index contributed by atoms with van der Waals surface area (Å²) in [5, 5.41) is 1.97. The molecule has 2 bridgehead atoms. The van der Waals surface area contributed by atoms with E-state index in [0.717, 1.165) is 25.9 Å². The third-order valence-corrected chi connectivity index (χ3v) is 10.8. The van der Waals surface area contributed by atoms with E-state index >= 15 is 0 Å². The van der Waals surface area contributed by atoms with Gasteiger partial charge >= 0.3 is 5.97 Å². The van der Waals surface area contributed by atoms with Gasteiger partial charge in [-0.3, -0.25) is 19.3 Å². The summed E-state index contributed by atoms with van der Waals surface area (Å²) in [6.45, 7) is 1.64. The average Bonchev–Trinajstić information content (AvgIpc) is 3.50. The summed E-state index contributed by atoms with van der Waals surface area (Å²) < 4.78 is 5.74. The quantitative estimate of drug-likeness (QED) is 0.363. The van der Waals surface area contributed by atoms with Crippen molar-refractivity contribution in [1.29, 1.82) is 0 Å². The predicted molar refractivity (Wildman–Crippen MR) is 128 cm³/mol. The molecule has 2 aliphatic carbocycles. The molecule has 2 saturated carbocycles. The van der Waals surface area contributed by atoms with E-state index in [0.29, 0.717) is 5.02 Å². The van der Waals surface area contributed by atoms with Crippen LogP contribution in [0.4, 0.5) is 0 Å². The highest BCUT2D eigenvalue weighted by molar-refractivity contribution is 8.00. The molecule has 6 nitrogen and oxygen atoms in total. The summed E-state index contributed by atoms with van der Waals surface area (Å²) in [5.41, 5.74) is 1.16. The summed E-state index contributed by atoms with van der Waals surface area (Å²) in [6.07, 6.45) is 0.863. The molecular weight excluding hydrogens is 500 g/mol. The number of nitrogens with zero attached hydrogens (tertiary/aromatic N) is 1. The number of imide groups is 1. The number of rotatable bonds is 4. The van der Waals surface area contributed by atoms with Crippen molar-refractivity contribution in [2.24, 2.45) is 29.6 Å². The van der Waals surface area contributed by atoms with Crippen molar-refractivity contribution < 1.29 is 19.1 Å². The van der Waals surface area contributed by atoms with Gasteiger partial charge in [-0.05, 0) is 61.0 Å². The molecular formula is C23H21ClN2O4S3. The van der Waals surface area contributed by atoms with Gasteiger partial charge in [-0.2, -0.15) is 0 Å². The first-order chi connectivity index (χ1) is 15.9. The Morgan fingerprint density at radius 2 is 1.91 bits per heavy atom. The molecule has 7 unspecified atom stereocenters. The molecule has 0 radical (unpaired) electrons. The lowest BCUT2D eigenvalue weighted by Gasteiger charge is -2.43. The van der Waals surface area contributed by atoms with Crippen LogP contribution < -0.4 is 0 Å². The van der Waals surface area contributed by atoms with Crippen LogP contribution in [0.3, 0.4) is 0 Å². The van der Waals surface area contributed by atoms with Gasteiger partial charge in [0.15, 0.2) is 3.95 Å². The molecule has 1 aromatic carbocycles. The van der Waals surface area contributed by atoms with Crippen molar-refractivity contribution in [3.63, 3.8) is 0 Å². The molecule has 1 aromatic heterocycles. The molecule has 7 atom stereocenters. The number of esters is 1. The second-order valence-electron chi connectivity index (χ2n) is 9.08. The van der Waals surface area contributed by atoms with E-state index in [1.807, 2.05) is 12.1 Å². The Labute approximate surface area is 209 Å². The monoisotopic (exact) mass is 520 g/mol. The lowest BCUT2D eigenvalue weighted by Crippen LogP contribution is -2.42. The fraction of sp³-hybridized carbons (Fsp3) is 0.478. The van der Waals surface area contributed by atoms with Crippen molar-refractivity contribution in [2.75, 3.05) is 13.2 Å². The fourth-order valence-electron chi connectivity index (χ4n) is 6.61. The summed E-state index contributed by atoms with van der Waals surface area (Å²) in [7, 11) is 0. The minimum Gasteiger partial charge on any atom is -0.465 e. The molecule has 0 spiro atoms. The van der Waals surface area contributed by atoms with Crippen molar-refractivity contribution in [3.05, 3.63) is 43.7 Å². The van der Waals surface area contributed by atoms with E-state index in [1.54, 1.807) is 30.0 Å². The lowest BCUT2D eigenvalue weighted by molar-refractivity contribution is -0.153. The number of aromatic amines is 1. The van der Waals surface area contributed by atoms with E-state index < -0.39 is 5.97 Å². The number of likely N-dealkylation sites (tertiary alicyclic amines) is 1. The van der Waals surface area contributed by atoms with Crippen LogP contribution in [0.15, 0.2) is 29.3 Å². The maximum atomic E-state index is 13.4. The molecule has 3 heterocycles. The number of nitrogens with one attached hydrogen (secondary N) is 1. The Hall–Kier alpha value is -1.68. The van der Waals surface area contributed by atoms with Crippen LogP contribution in [-0.2, 0) is 19.1 Å². The minimum absolute atomic E-state index is 0.0886. The zero-order valence-corrected chi connectivity index (χ0v) is 20.9. The molecule has 3 fully saturated rings. The number of H-pyrrole nitrogens is 1. The zero-order valence-electron chi connectivity index (χ0n) is 17.7. The van der Waals surface area contributed by atoms with Crippen molar-refractivity contribution >= 4 is 64.7 Å². The normalized spacial score (nSPS) is 33.8. The van der Waals surface area contributed by atoms with Gasteiger partial charge in [0.1, 0.15) is 6.54 Å². The number of thiazole rings is 1. The number of thioether (sulfide) groups is 1. The molecule has 2 aromatic rings. The van der Waals surface area contributed by atoms with Crippen LogP contribution in [0.25, 0.3) is 0 Å². The van der Waals surface area contributed by atoms with Crippen LogP contribution in [-0.4, -0.2) is 46.1 Å². The maximum Gasteiger partial charge on any atom is 0.326 e. The molecule has 4 aliphatic rings. The number of hydrogen-bond donors (Lipinski definition) is 1. The second kappa shape index (κ2) is 7.93. The lowest BCUT2D eigenvalue weighted by atomic mass is 9.68. The first-order valence-corrected chi connectivity index (χ1v) is 13.5. The highest BCUT2D eigenvalue weighted by Crippen LogP contribution is 2.68. The number of hydrogen-bond acceptors (Lipinski definition) is 7. The molecule has 6 rings (SSSR count). The van der Waals surface area contributed by atoms with Gasteiger partial charge in [0.2, 0.25) is 11.8 Å². The molecule has 2 amide bonds. The van der Waals surface area contributed by atoms with Gasteiger partial charge in [0.25, 0.3) is 0 Å². The first kappa shape index (κ1) is 21.8. The highest BCUT2D eigenvalue weighted by Gasteiger charge is 2.69. The van der Waals surface area contributed by atoms with Crippen LogP contribution in [0.2, 0.25) is 5.02 Å².